The Morgan fingerprint density at radius 3 is 2.55 bits per heavy atom. The maximum absolute atomic E-state index is 13.1. The fourth-order valence-electron chi connectivity index (χ4n) is 3.27. The summed E-state index contributed by atoms with van der Waals surface area (Å²) in [5.74, 6) is 0.652. The minimum absolute atomic E-state index is 0.0955. The van der Waals surface area contributed by atoms with Gasteiger partial charge >= 0.3 is 6.03 Å². The highest BCUT2D eigenvalue weighted by Crippen LogP contribution is 2.31. The van der Waals surface area contributed by atoms with Crippen LogP contribution >= 0.6 is 11.3 Å². The number of carbonyl (C=O) groups is 1. The van der Waals surface area contributed by atoms with Gasteiger partial charge in [-0.25, -0.2) is 9.48 Å². The van der Waals surface area contributed by atoms with Crippen LogP contribution in [0.15, 0.2) is 47.2 Å². The van der Waals surface area contributed by atoms with E-state index < -0.39 is 0 Å². The Morgan fingerprint density at radius 1 is 1.24 bits per heavy atom. The van der Waals surface area contributed by atoms with Crippen LogP contribution in [0, 0.1) is 6.92 Å². The smallest absolute Gasteiger partial charge is 0.323 e. The van der Waals surface area contributed by atoms with Crippen LogP contribution in [-0.4, -0.2) is 39.0 Å². The number of benzene rings is 1. The Hall–Kier alpha value is -2.64. The Morgan fingerprint density at radius 2 is 1.97 bits per heavy atom. The molecule has 0 saturated carbocycles. The highest BCUT2D eigenvalue weighted by molar-refractivity contribution is 7.07. The zero-order chi connectivity index (χ0) is 21.0. The second-order valence-corrected chi connectivity index (χ2v) is 8.81. The number of hydrogen-bond donors (Lipinski definition) is 2. The molecule has 0 atom stereocenters. The molecular formula is C22H28N4O2S. The molecule has 29 heavy (non-hydrogen) atoms. The average molecular weight is 413 g/mol. The molecule has 2 heterocycles. The molecular weight excluding hydrogens is 384 g/mol. The van der Waals surface area contributed by atoms with Crippen molar-refractivity contribution >= 4 is 23.2 Å². The Kier molecular flexibility index (Phi) is 6.39. The summed E-state index contributed by atoms with van der Waals surface area (Å²) in [5.41, 5.74) is 3.64. The first-order valence-corrected chi connectivity index (χ1v) is 10.6. The molecule has 0 unspecified atom stereocenters. The molecule has 0 aliphatic heterocycles. The van der Waals surface area contributed by atoms with Crippen molar-refractivity contribution in [2.75, 3.05) is 18.5 Å². The first-order valence-electron chi connectivity index (χ1n) is 9.64. The van der Waals surface area contributed by atoms with Crippen molar-refractivity contribution in [1.29, 1.82) is 0 Å². The van der Waals surface area contributed by atoms with Gasteiger partial charge in [0, 0.05) is 24.1 Å². The largest absolute Gasteiger partial charge is 0.395 e. The maximum Gasteiger partial charge on any atom is 0.323 e. The third-order valence-electron chi connectivity index (χ3n) is 4.67. The van der Waals surface area contributed by atoms with E-state index in [0.29, 0.717) is 12.4 Å². The van der Waals surface area contributed by atoms with Gasteiger partial charge < -0.3 is 10.0 Å². The predicted molar refractivity (Wildman–Crippen MR) is 118 cm³/mol. The molecule has 6 nitrogen and oxygen atoms in total. The molecule has 3 rings (SSSR count). The van der Waals surface area contributed by atoms with Gasteiger partial charge in [-0.3, -0.25) is 5.32 Å². The quantitative estimate of drug-likeness (QED) is 0.623. The first kappa shape index (κ1) is 21.1. The van der Waals surface area contributed by atoms with Gasteiger partial charge in [0.2, 0.25) is 0 Å². The Bertz CT molecular complexity index is 943. The number of aromatic nitrogens is 2. The molecule has 154 valence electrons. The van der Waals surface area contributed by atoms with Crippen molar-refractivity contribution in [2.45, 2.75) is 39.7 Å². The highest BCUT2D eigenvalue weighted by atomic mass is 32.1. The maximum atomic E-state index is 13.1. The summed E-state index contributed by atoms with van der Waals surface area (Å²) in [5, 5.41) is 21.3. The van der Waals surface area contributed by atoms with E-state index in [4.69, 9.17) is 5.10 Å². The van der Waals surface area contributed by atoms with Crippen molar-refractivity contribution in [3.05, 3.63) is 64.0 Å². The number of aliphatic hydroxyl groups excluding tert-OH is 1. The van der Waals surface area contributed by atoms with Crippen LogP contribution in [-0.2, 0) is 12.0 Å². The predicted octanol–water partition coefficient (Wildman–Crippen LogP) is 4.57. The van der Waals surface area contributed by atoms with E-state index in [0.717, 1.165) is 22.5 Å². The van der Waals surface area contributed by atoms with Crippen LogP contribution in [0.5, 0.6) is 0 Å². The number of rotatable bonds is 6. The number of amides is 2. The molecule has 0 saturated heterocycles. The minimum atomic E-state index is -0.258. The zero-order valence-corrected chi connectivity index (χ0v) is 18.2. The molecule has 2 N–H and O–H groups in total. The molecule has 0 bridgehead atoms. The summed E-state index contributed by atoms with van der Waals surface area (Å²) in [6.07, 6.45) is 0. The number of para-hydroxylation sites is 1. The van der Waals surface area contributed by atoms with E-state index in [2.05, 4.69) is 26.1 Å². The molecule has 3 aromatic rings. The number of thiophene rings is 1. The van der Waals surface area contributed by atoms with E-state index >= 15 is 0 Å². The Labute approximate surface area is 175 Å². The van der Waals surface area contributed by atoms with Gasteiger partial charge in [-0.05, 0) is 41.4 Å². The second kappa shape index (κ2) is 8.80. The lowest BCUT2D eigenvalue weighted by Gasteiger charge is -2.22. The van der Waals surface area contributed by atoms with Crippen LogP contribution in [0.1, 0.15) is 37.6 Å². The lowest BCUT2D eigenvalue weighted by molar-refractivity contribution is 0.185. The van der Waals surface area contributed by atoms with Crippen molar-refractivity contribution in [3.63, 3.8) is 0 Å². The molecule has 0 aliphatic carbocycles. The number of anilines is 1. The highest BCUT2D eigenvalue weighted by Gasteiger charge is 2.27. The number of carbonyl (C=O) groups excluding carboxylic acids is 1. The van der Waals surface area contributed by atoms with Crippen molar-refractivity contribution in [1.82, 2.24) is 14.7 Å². The molecule has 1 aromatic carbocycles. The van der Waals surface area contributed by atoms with Gasteiger partial charge in [0.1, 0.15) is 5.82 Å². The Balaban J connectivity index is 1.96. The van der Waals surface area contributed by atoms with Crippen molar-refractivity contribution < 1.29 is 9.90 Å². The third-order valence-corrected chi connectivity index (χ3v) is 5.40. The molecule has 0 spiro atoms. The number of urea groups is 1. The lowest BCUT2D eigenvalue weighted by Crippen LogP contribution is -2.37. The molecule has 2 aromatic heterocycles. The van der Waals surface area contributed by atoms with Gasteiger partial charge in [-0.1, -0.05) is 39.0 Å². The van der Waals surface area contributed by atoms with Gasteiger partial charge in [0.15, 0.2) is 0 Å². The number of aliphatic hydroxyl groups is 1. The van der Waals surface area contributed by atoms with E-state index in [9.17, 15) is 9.90 Å². The van der Waals surface area contributed by atoms with E-state index in [1.807, 2.05) is 54.1 Å². The lowest BCUT2D eigenvalue weighted by atomic mass is 9.90. The van der Waals surface area contributed by atoms with Gasteiger partial charge in [0.05, 0.1) is 18.0 Å². The molecule has 7 heteroatoms. The monoisotopic (exact) mass is 412 g/mol. The summed E-state index contributed by atoms with van der Waals surface area (Å²) in [7, 11) is 0. The first-order chi connectivity index (χ1) is 13.8. The molecule has 2 amide bonds. The normalized spacial score (nSPS) is 11.5. The van der Waals surface area contributed by atoms with Gasteiger partial charge in [0.25, 0.3) is 0 Å². The second-order valence-electron chi connectivity index (χ2n) is 8.03. The van der Waals surface area contributed by atoms with Crippen LogP contribution in [0.25, 0.3) is 5.69 Å². The standard InChI is InChI=1S/C22H28N4O2S/c1-16-19(22(2,3)4)24-26(18-8-6-5-7-9-18)20(16)23-21(28)25(11-12-27)14-17-10-13-29-15-17/h5-10,13,15,27H,11-12,14H2,1-4H3,(H,23,28). The van der Waals surface area contributed by atoms with Gasteiger partial charge in [-0.15, -0.1) is 0 Å². The fraction of sp³-hybridized carbons (Fsp3) is 0.364. The van der Waals surface area contributed by atoms with Crippen molar-refractivity contribution in [3.8, 4) is 5.69 Å². The number of nitrogens with one attached hydrogen (secondary N) is 1. The summed E-state index contributed by atoms with van der Waals surface area (Å²) >= 11 is 1.59. The average Bonchev–Trinajstić information content (AvgIpc) is 3.30. The van der Waals surface area contributed by atoms with Gasteiger partial charge in [-0.2, -0.15) is 16.4 Å². The SMILES string of the molecule is Cc1c(C(C)(C)C)nn(-c2ccccc2)c1NC(=O)N(CCO)Cc1ccsc1. The molecule has 0 fully saturated rings. The third kappa shape index (κ3) is 4.86. The van der Waals surface area contributed by atoms with E-state index in [-0.39, 0.29) is 24.6 Å². The topological polar surface area (TPSA) is 70.4 Å². The zero-order valence-electron chi connectivity index (χ0n) is 17.3. The number of nitrogens with zero attached hydrogens (tertiary/aromatic N) is 3. The van der Waals surface area contributed by atoms with E-state index in [1.54, 1.807) is 20.9 Å². The summed E-state index contributed by atoms with van der Waals surface area (Å²) < 4.78 is 1.79. The molecule has 0 aliphatic rings. The van der Waals surface area contributed by atoms with Crippen LogP contribution in [0.4, 0.5) is 10.6 Å². The van der Waals surface area contributed by atoms with Crippen LogP contribution < -0.4 is 5.32 Å². The fourth-order valence-corrected chi connectivity index (χ4v) is 3.93. The van der Waals surface area contributed by atoms with Crippen LogP contribution in [0.2, 0.25) is 0 Å². The van der Waals surface area contributed by atoms with Crippen LogP contribution in [0.3, 0.4) is 0 Å². The molecule has 0 radical (unpaired) electrons. The summed E-state index contributed by atoms with van der Waals surface area (Å²) in [4.78, 5) is 14.7. The number of hydrogen-bond acceptors (Lipinski definition) is 4. The summed E-state index contributed by atoms with van der Waals surface area (Å²) in [6.45, 7) is 8.92. The summed E-state index contributed by atoms with van der Waals surface area (Å²) in [6, 6.07) is 11.5. The van der Waals surface area contributed by atoms with E-state index in [1.165, 1.54) is 0 Å². The van der Waals surface area contributed by atoms with Crippen molar-refractivity contribution in [2.24, 2.45) is 0 Å². The minimum Gasteiger partial charge on any atom is -0.395 e.